The lowest BCUT2D eigenvalue weighted by molar-refractivity contribution is 0.267. The SMILES string of the molecule is CC1CCCC1c1cccc2c1C[C@H](N(C)C)CC2.Cl. The molecule has 1 nitrogen and oxygen atoms in total. The zero-order valence-corrected chi connectivity index (χ0v) is 13.9. The molecule has 2 aliphatic rings. The Kier molecular flexibility index (Phi) is 5.14. The summed E-state index contributed by atoms with van der Waals surface area (Å²) in [5.41, 5.74) is 5.02. The van der Waals surface area contributed by atoms with Crippen LogP contribution in [0.2, 0.25) is 0 Å². The maximum Gasteiger partial charge on any atom is 0.0133 e. The van der Waals surface area contributed by atoms with E-state index in [2.05, 4.69) is 44.1 Å². The van der Waals surface area contributed by atoms with E-state index in [0.717, 1.165) is 17.9 Å². The number of halogens is 1. The van der Waals surface area contributed by atoms with Gasteiger partial charge in [0.1, 0.15) is 0 Å². The molecule has 0 radical (unpaired) electrons. The van der Waals surface area contributed by atoms with Crippen molar-refractivity contribution < 1.29 is 0 Å². The van der Waals surface area contributed by atoms with Crippen molar-refractivity contribution >= 4 is 12.4 Å². The summed E-state index contributed by atoms with van der Waals surface area (Å²) in [5, 5.41) is 0. The lowest BCUT2D eigenvalue weighted by atomic mass is 9.79. The van der Waals surface area contributed by atoms with Crippen molar-refractivity contribution in [2.75, 3.05) is 14.1 Å². The van der Waals surface area contributed by atoms with E-state index in [9.17, 15) is 0 Å². The number of nitrogens with zero attached hydrogens (tertiary/aromatic N) is 1. The van der Waals surface area contributed by atoms with Crippen LogP contribution in [0.4, 0.5) is 0 Å². The van der Waals surface area contributed by atoms with E-state index in [1.165, 1.54) is 38.5 Å². The first-order valence-corrected chi connectivity index (χ1v) is 7.94. The fourth-order valence-electron chi connectivity index (χ4n) is 4.19. The third-order valence-electron chi connectivity index (χ3n) is 5.49. The Balaban J connectivity index is 0.00000147. The molecule has 0 aromatic heterocycles. The minimum Gasteiger partial charge on any atom is -0.306 e. The average Bonchev–Trinajstić information content (AvgIpc) is 2.83. The average molecular weight is 294 g/mol. The molecule has 2 aliphatic carbocycles. The lowest BCUT2D eigenvalue weighted by Gasteiger charge is -2.33. The molecular weight excluding hydrogens is 266 g/mol. The van der Waals surface area contributed by atoms with E-state index in [-0.39, 0.29) is 12.4 Å². The fourth-order valence-corrected chi connectivity index (χ4v) is 4.19. The third-order valence-corrected chi connectivity index (χ3v) is 5.49. The first-order valence-electron chi connectivity index (χ1n) is 7.94. The summed E-state index contributed by atoms with van der Waals surface area (Å²) < 4.78 is 0. The number of fused-ring (bicyclic) bond motifs is 1. The van der Waals surface area contributed by atoms with Gasteiger partial charge in [-0.2, -0.15) is 0 Å². The number of rotatable bonds is 2. The summed E-state index contributed by atoms with van der Waals surface area (Å²) in [6.45, 7) is 2.45. The quantitative estimate of drug-likeness (QED) is 0.780. The topological polar surface area (TPSA) is 3.24 Å². The fraction of sp³-hybridized carbons (Fsp3) is 0.667. The highest BCUT2D eigenvalue weighted by molar-refractivity contribution is 5.85. The molecule has 0 N–H and O–H groups in total. The highest BCUT2D eigenvalue weighted by Crippen LogP contribution is 2.42. The largest absolute Gasteiger partial charge is 0.306 e. The summed E-state index contributed by atoms with van der Waals surface area (Å²) in [6.07, 6.45) is 8.11. The van der Waals surface area contributed by atoms with Gasteiger partial charge >= 0.3 is 0 Å². The van der Waals surface area contributed by atoms with Crippen LogP contribution in [-0.2, 0) is 12.8 Å². The molecule has 1 fully saturated rings. The second-order valence-electron chi connectivity index (χ2n) is 6.86. The van der Waals surface area contributed by atoms with Crippen LogP contribution in [0, 0.1) is 5.92 Å². The normalized spacial score (nSPS) is 29.1. The molecule has 1 aromatic rings. The van der Waals surface area contributed by atoms with Crippen molar-refractivity contribution in [2.45, 2.75) is 57.4 Å². The molecule has 0 amide bonds. The van der Waals surface area contributed by atoms with Gasteiger partial charge in [-0.25, -0.2) is 0 Å². The number of aryl methyl sites for hydroxylation is 1. The highest BCUT2D eigenvalue weighted by Gasteiger charge is 2.30. The van der Waals surface area contributed by atoms with Crippen LogP contribution in [0.3, 0.4) is 0 Å². The summed E-state index contributed by atoms with van der Waals surface area (Å²) in [7, 11) is 4.47. The molecule has 1 aromatic carbocycles. The van der Waals surface area contributed by atoms with Crippen molar-refractivity contribution in [3.63, 3.8) is 0 Å². The number of benzene rings is 1. The molecule has 3 atom stereocenters. The summed E-state index contributed by atoms with van der Waals surface area (Å²) in [5.74, 6) is 1.71. The maximum absolute atomic E-state index is 2.45. The Hall–Kier alpha value is -0.530. The van der Waals surface area contributed by atoms with Gasteiger partial charge in [0.2, 0.25) is 0 Å². The second kappa shape index (κ2) is 6.49. The minimum atomic E-state index is 0. The summed E-state index contributed by atoms with van der Waals surface area (Å²) >= 11 is 0. The van der Waals surface area contributed by atoms with Gasteiger partial charge in [-0.05, 0) is 68.3 Å². The molecule has 0 spiro atoms. The van der Waals surface area contributed by atoms with E-state index in [0.29, 0.717) is 0 Å². The van der Waals surface area contributed by atoms with Crippen LogP contribution in [-0.4, -0.2) is 25.0 Å². The molecular formula is C18H28ClN. The molecule has 112 valence electrons. The minimum absolute atomic E-state index is 0. The van der Waals surface area contributed by atoms with Gasteiger partial charge in [0, 0.05) is 6.04 Å². The third kappa shape index (κ3) is 2.89. The zero-order chi connectivity index (χ0) is 13.4. The Morgan fingerprint density at radius 2 is 1.90 bits per heavy atom. The van der Waals surface area contributed by atoms with Gasteiger partial charge in [-0.15, -0.1) is 12.4 Å². The Morgan fingerprint density at radius 3 is 2.55 bits per heavy atom. The van der Waals surface area contributed by atoms with E-state index in [4.69, 9.17) is 0 Å². The Morgan fingerprint density at radius 1 is 1.10 bits per heavy atom. The van der Waals surface area contributed by atoms with Crippen LogP contribution in [0.25, 0.3) is 0 Å². The molecule has 2 unspecified atom stereocenters. The molecule has 1 saturated carbocycles. The highest BCUT2D eigenvalue weighted by atomic mass is 35.5. The van der Waals surface area contributed by atoms with Crippen LogP contribution in [0.5, 0.6) is 0 Å². The van der Waals surface area contributed by atoms with Crippen LogP contribution in [0.15, 0.2) is 18.2 Å². The maximum atomic E-state index is 2.45. The predicted octanol–water partition coefficient (Wildman–Crippen LogP) is 4.43. The van der Waals surface area contributed by atoms with E-state index < -0.39 is 0 Å². The van der Waals surface area contributed by atoms with Crippen molar-refractivity contribution in [1.82, 2.24) is 4.90 Å². The molecule has 20 heavy (non-hydrogen) atoms. The zero-order valence-electron chi connectivity index (χ0n) is 13.1. The van der Waals surface area contributed by atoms with Crippen LogP contribution >= 0.6 is 12.4 Å². The van der Waals surface area contributed by atoms with E-state index >= 15 is 0 Å². The molecule has 0 heterocycles. The van der Waals surface area contributed by atoms with Crippen molar-refractivity contribution in [3.8, 4) is 0 Å². The van der Waals surface area contributed by atoms with Crippen LogP contribution < -0.4 is 0 Å². The number of likely N-dealkylation sites (N-methyl/N-ethyl adjacent to an activating group) is 1. The van der Waals surface area contributed by atoms with E-state index in [1.807, 2.05) is 0 Å². The Bertz CT molecular complexity index is 455. The predicted molar refractivity (Wildman–Crippen MR) is 88.9 cm³/mol. The van der Waals surface area contributed by atoms with E-state index in [1.54, 1.807) is 16.7 Å². The van der Waals surface area contributed by atoms with Crippen molar-refractivity contribution in [1.29, 1.82) is 0 Å². The smallest absolute Gasteiger partial charge is 0.0133 e. The molecule has 0 bridgehead atoms. The molecule has 2 heteroatoms. The Labute approximate surface area is 130 Å². The molecule has 0 aliphatic heterocycles. The van der Waals surface area contributed by atoms with Gasteiger partial charge in [0.15, 0.2) is 0 Å². The first-order chi connectivity index (χ1) is 9.16. The molecule has 0 saturated heterocycles. The van der Waals surface area contributed by atoms with Crippen molar-refractivity contribution in [3.05, 3.63) is 34.9 Å². The summed E-state index contributed by atoms with van der Waals surface area (Å²) in [4.78, 5) is 2.41. The van der Waals surface area contributed by atoms with Gasteiger partial charge < -0.3 is 4.90 Å². The van der Waals surface area contributed by atoms with Crippen molar-refractivity contribution in [2.24, 2.45) is 5.92 Å². The first kappa shape index (κ1) is 15.9. The number of hydrogen-bond acceptors (Lipinski definition) is 1. The second-order valence-corrected chi connectivity index (χ2v) is 6.86. The van der Waals surface area contributed by atoms with Gasteiger partial charge in [0.25, 0.3) is 0 Å². The van der Waals surface area contributed by atoms with Gasteiger partial charge in [-0.1, -0.05) is 38.0 Å². The summed E-state index contributed by atoms with van der Waals surface area (Å²) in [6, 6.07) is 7.83. The van der Waals surface area contributed by atoms with Gasteiger partial charge in [0.05, 0.1) is 0 Å². The number of hydrogen-bond donors (Lipinski definition) is 0. The molecule has 3 rings (SSSR count). The standard InChI is InChI=1S/C18H27N.ClH/c1-13-6-4-8-16(13)17-9-5-7-14-10-11-15(19(2)3)12-18(14)17;/h5,7,9,13,15-16H,4,6,8,10-12H2,1-3H3;1H/t13?,15-,16?;/m1./s1. The van der Waals surface area contributed by atoms with Gasteiger partial charge in [-0.3, -0.25) is 0 Å². The monoisotopic (exact) mass is 293 g/mol. The van der Waals surface area contributed by atoms with Crippen LogP contribution in [0.1, 0.15) is 55.2 Å². The lowest BCUT2D eigenvalue weighted by Crippen LogP contribution is -2.34.